The Labute approximate surface area is 97.2 Å². The van der Waals surface area contributed by atoms with Crippen molar-refractivity contribution < 1.29 is 9.26 Å². The van der Waals surface area contributed by atoms with E-state index < -0.39 is 0 Å². The number of hydrogen-bond donors (Lipinski definition) is 2. The van der Waals surface area contributed by atoms with E-state index in [2.05, 4.69) is 10.1 Å². The molecule has 5 heteroatoms. The van der Waals surface area contributed by atoms with E-state index in [1.807, 2.05) is 24.3 Å². The molecule has 1 aromatic carbocycles. The number of nitrogen functional groups attached to an aromatic ring is 1. The molecule has 0 saturated carbocycles. The van der Waals surface area contributed by atoms with Crippen LogP contribution in [0.25, 0.3) is 22.4 Å². The number of ether oxygens (including phenoxy) is 1. The Balaban J connectivity index is 2.14. The van der Waals surface area contributed by atoms with Gasteiger partial charge >= 0.3 is 0 Å². The lowest BCUT2D eigenvalue weighted by Crippen LogP contribution is -1.82. The highest BCUT2D eigenvalue weighted by Gasteiger charge is 2.10. The number of anilines is 1. The van der Waals surface area contributed by atoms with E-state index in [9.17, 15) is 0 Å². The van der Waals surface area contributed by atoms with E-state index in [0.29, 0.717) is 11.6 Å². The van der Waals surface area contributed by atoms with Crippen LogP contribution in [0.1, 0.15) is 0 Å². The molecule has 0 unspecified atom stereocenters. The van der Waals surface area contributed by atoms with Crippen molar-refractivity contribution in [3.8, 4) is 17.3 Å². The van der Waals surface area contributed by atoms with E-state index in [0.717, 1.165) is 22.3 Å². The smallest absolute Gasteiger partial charge is 0.254 e. The molecule has 0 aliphatic carbocycles. The van der Waals surface area contributed by atoms with Crippen LogP contribution >= 0.6 is 0 Å². The zero-order valence-corrected chi connectivity index (χ0v) is 9.23. The maximum atomic E-state index is 5.89. The van der Waals surface area contributed by atoms with Crippen molar-refractivity contribution in [3.05, 3.63) is 30.3 Å². The third-order valence-corrected chi connectivity index (χ3v) is 2.66. The lowest BCUT2D eigenvalue weighted by molar-refractivity contribution is 0.342. The van der Waals surface area contributed by atoms with Crippen LogP contribution in [-0.2, 0) is 0 Å². The van der Waals surface area contributed by atoms with E-state index >= 15 is 0 Å². The summed E-state index contributed by atoms with van der Waals surface area (Å²) in [7, 11) is 1.55. The van der Waals surface area contributed by atoms with Crippen LogP contribution in [0.4, 0.5) is 5.69 Å². The highest BCUT2D eigenvalue weighted by Crippen LogP contribution is 2.29. The first kappa shape index (κ1) is 9.77. The van der Waals surface area contributed by atoms with Crippen LogP contribution in [-0.4, -0.2) is 17.3 Å². The molecule has 0 radical (unpaired) electrons. The molecular weight excluding hydrogens is 218 g/mol. The first-order valence-corrected chi connectivity index (χ1v) is 5.16. The summed E-state index contributed by atoms with van der Waals surface area (Å²) in [6, 6.07) is 9.38. The van der Waals surface area contributed by atoms with Gasteiger partial charge in [-0.3, -0.25) is 0 Å². The predicted molar refractivity (Wildman–Crippen MR) is 64.8 cm³/mol. The highest BCUT2D eigenvalue weighted by atomic mass is 16.5. The second kappa shape index (κ2) is 3.55. The number of nitrogens with zero attached hydrogens (tertiary/aromatic N) is 1. The number of aromatic nitrogens is 2. The van der Waals surface area contributed by atoms with Crippen molar-refractivity contribution in [2.75, 3.05) is 12.8 Å². The lowest BCUT2D eigenvalue weighted by Gasteiger charge is -1.92. The van der Waals surface area contributed by atoms with Crippen molar-refractivity contribution in [2.24, 2.45) is 0 Å². The summed E-state index contributed by atoms with van der Waals surface area (Å²) in [6.07, 6.45) is 0. The van der Waals surface area contributed by atoms with E-state index in [4.69, 9.17) is 15.0 Å². The summed E-state index contributed by atoms with van der Waals surface area (Å²) in [6.45, 7) is 0. The molecule has 3 N–H and O–H groups in total. The molecule has 86 valence electrons. The molecule has 0 aliphatic rings. The number of H-pyrrole nitrogens is 1. The van der Waals surface area contributed by atoms with Crippen LogP contribution in [0.3, 0.4) is 0 Å². The average molecular weight is 229 g/mol. The molecule has 0 spiro atoms. The predicted octanol–water partition coefficient (Wildman–Crippen LogP) is 2.41. The summed E-state index contributed by atoms with van der Waals surface area (Å²) >= 11 is 0. The summed E-state index contributed by atoms with van der Waals surface area (Å²) in [5.41, 5.74) is 8.42. The number of nitrogens with two attached hydrogens (primary N) is 1. The van der Waals surface area contributed by atoms with Gasteiger partial charge in [0.2, 0.25) is 0 Å². The Morgan fingerprint density at radius 1 is 1.35 bits per heavy atom. The Hall–Kier alpha value is -2.43. The van der Waals surface area contributed by atoms with Gasteiger partial charge in [-0.1, -0.05) is 6.07 Å². The first-order valence-electron chi connectivity index (χ1n) is 5.16. The molecule has 0 atom stereocenters. The van der Waals surface area contributed by atoms with Crippen LogP contribution in [0.15, 0.2) is 34.9 Å². The molecule has 0 bridgehead atoms. The number of aromatic amines is 1. The van der Waals surface area contributed by atoms with Gasteiger partial charge in [-0.25, -0.2) is 0 Å². The van der Waals surface area contributed by atoms with Gasteiger partial charge in [-0.2, -0.15) is 0 Å². The molecule has 0 amide bonds. The van der Waals surface area contributed by atoms with Gasteiger partial charge in [0.25, 0.3) is 5.88 Å². The molecule has 3 aromatic rings. The van der Waals surface area contributed by atoms with Crippen LogP contribution < -0.4 is 10.5 Å². The molecule has 3 rings (SSSR count). The van der Waals surface area contributed by atoms with Crippen molar-refractivity contribution in [3.63, 3.8) is 0 Å². The number of rotatable bonds is 2. The van der Waals surface area contributed by atoms with E-state index in [-0.39, 0.29) is 0 Å². The highest BCUT2D eigenvalue weighted by molar-refractivity contribution is 5.94. The van der Waals surface area contributed by atoms with E-state index in [1.54, 1.807) is 13.2 Å². The van der Waals surface area contributed by atoms with Gasteiger partial charge in [-0.05, 0) is 23.4 Å². The maximum absolute atomic E-state index is 5.89. The number of fused-ring (bicyclic) bond motifs is 1. The fourth-order valence-electron chi connectivity index (χ4n) is 1.79. The number of methoxy groups -OCH3 is 1. The Morgan fingerprint density at radius 3 is 2.94 bits per heavy atom. The third-order valence-electron chi connectivity index (χ3n) is 2.66. The summed E-state index contributed by atoms with van der Waals surface area (Å²) in [5, 5.41) is 4.73. The summed E-state index contributed by atoms with van der Waals surface area (Å²) < 4.78 is 10.1. The zero-order chi connectivity index (χ0) is 11.8. The van der Waals surface area contributed by atoms with Crippen molar-refractivity contribution in [2.45, 2.75) is 0 Å². The first-order chi connectivity index (χ1) is 8.28. The van der Waals surface area contributed by atoms with Gasteiger partial charge in [0.05, 0.1) is 18.9 Å². The molecule has 2 heterocycles. The van der Waals surface area contributed by atoms with Gasteiger partial charge < -0.3 is 20.0 Å². The second-order valence-corrected chi connectivity index (χ2v) is 3.73. The Kier molecular flexibility index (Phi) is 2.04. The van der Waals surface area contributed by atoms with Gasteiger partial charge in [0.1, 0.15) is 0 Å². The zero-order valence-electron chi connectivity index (χ0n) is 9.23. The molecule has 2 aromatic heterocycles. The number of hydrogen-bond acceptors (Lipinski definition) is 4. The Bertz CT molecular complexity index is 669. The van der Waals surface area contributed by atoms with Crippen LogP contribution in [0.2, 0.25) is 0 Å². The lowest BCUT2D eigenvalue weighted by atomic mass is 10.2. The van der Waals surface area contributed by atoms with Crippen molar-refractivity contribution in [1.29, 1.82) is 0 Å². The minimum absolute atomic E-state index is 0.451. The molecule has 0 aliphatic heterocycles. The summed E-state index contributed by atoms with van der Waals surface area (Å²) in [4.78, 5) is 3.22. The van der Waals surface area contributed by atoms with Gasteiger partial charge in [0.15, 0.2) is 5.76 Å². The minimum atomic E-state index is 0.451. The minimum Gasteiger partial charge on any atom is -0.479 e. The third kappa shape index (κ3) is 1.52. The van der Waals surface area contributed by atoms with E-state index in [1.165, 1.54) is 0 Å². The normalized spacial score (nSPS) is 10.9. The molecule has 5 nitrogen and oxygen atoms in total. The Morgan fingerprint density at radius 2 is 2.24 bits per heavy atom. The standard InChI is InChI=1S/C12H11N3O2/c1-16-12-6-11(17-15-12)10-5-7-8(13)3-2-4-9(7)14-10/h2-6,14H,13H2,1H3. The summed E-state index contributed by atoms with van der Waals surface area (Å²) in [5.74, 6) is 1.07. The molecule has 0 saturated heterocycles. The topological polar surface area (TPSA) is 77.1 Å². The van der Waals surface area contributed by atoms with Gasteiger partial charge in [0, 0.05) is 16.6 Å². The largest absolute Gasteiger partial charge is 0.479 e. The van der Waals surface area contributed by atoms with Crippen LogP contribution in [0, 0.1) is 0 Å². The maximum Gasteiger partial charge on any atom is 0.254 e. The fourth-order valence-corrected chi connectivity index (χ4v) is 1.79. The van der Waals surface area contributed by atoms with Gasteiger partial charge in [-0.15, -0.1) is 0 Å². The quantitative estimate of drug-likeness (QED) is 0.661. The van der Waals surface area contributed by atoms with Crippen molar-refractivity contribution >= 4 is 16.6 Å². The fraction of sp³-hybridized carbons (Fsp3) is 0.0833. The second-order valence-electron chi connectivity index (χ2n) is 3.73. The van der Waals surface area contributed by atoms with Crippen LogP contribution in [0.5, 0.6) is 5.88 Å². The van der Waals surface area contributed by atoms with Crippen molar-refractivity contribution in [1.82, 2.24) is 10.1 Å². The number of nitrogens with one attached hydrogen (secondary N) is 1. The molecular formula is C12H11N3O2. The monoisotopic (exact) mass is 229 g/mol. The average Bonchev–Trinajstić information content (AvgIpc) is 2.95. The SMILES string of the molecule is COc1cc(-c2cc3c(N)cccc3[nH]2)on1. The number of benzene rings is 1. The molecule has 17 heavy (non-hydrogen) atoms. The molecule has 0 fully saturated rings.